The number of piperidine rings is 1. The molecule has 0 radical (unpaired) electrons. The van der Waals surface area contributed by atoms with E-state index in [2.05, 4.69) is 29.6 Å². The average Bonchev–Trinajstić information content (AvgIpc) is 2.54. The van der Waals surface area contributed by atoms with Crippen molar-refractivity contribution >= 4 is 11.8 Å². The zero-order valence-corrected chi connectivity index (χ0v) is 14.0. The third-order valence-corrected chi connectivity index (χ3v) is 4.17. The van der Waals surface area contributed by atoms with Gasteiger partial charge in [0.25, 0.3) is 0 Å². The van der Waals surface area contributed by atoms with E-state index in [1.165, 1.54) is 11.6 Å². The Hall–Kier alpha value is -2.10. The second kappa shape index (κ2) is 8.51. The first kappa shape index (κ1) is 17.3. The molecule has 1 fully saturated rings. The van der Waals surface area contributed by atoms with E-state index in [1.54, 1.807) is 0 Å². The van der Waals surface area contributed by atoms with Gasteiger partial charge in [-0.2, -0.15) is 0 Å². The van der Waals surface area contributed by atoms with Gasteiger partial charge in [0.05, 0.1) is 6.54 Å². The molecule has 1 N–H and O–H groups in total. The molecule has 23 heavy (non-hydrogen) atoms. The Bertz CT molecular complexity index is 554. The lowest BCUT2D eigenvalue weighted by Gasteiger charge is -2.32. The first-order valence-electron chi connectivity index (χ1n) is 8.29. The predicted octanol–water partition coefficient (Wildman–Crippen LogP) is 2.55. The Kier molecular flexibility index (Phi) is 6.39. The smallest absolute Gasteiger partial charge is 0.244 e. The number of nitrogens with zero attached hydrogens (tertiary/aromatic N) is 1. The summed E-state index contributed by atoms with van der Waals surface area (Å²) in [6, 6.07) is 10.5. The number of nitrogens with one attached hydrogen (secondary N) is 1. The molecule has 2 amide bonds. The summed E-state index contributed by atoms with van der Waals surface area (Å²) < 4.78 is 0. The molecule has 0 atom stereocenters. The first-order chi connectivity index (χ1) is 11.0. The monoisotopic (exact) mass is 314 g/mol. The van der Waals surface area contributed by atoms with Crippen LogP contribution in [-0.4, -0.2) is 36.3 Å². The highest BCUT2D eigenvalue weighted by atomic mass is 16.2. The second-order valence-corrected chi connectivity index (χ2v) is 6.45. The fraction of sp³-hybridized carbons (Fsp3) is 0.474. The van der Waals surface area contributed by atoms with Crippen molar-refractivity contribution in [1.29, 1.82) is 0 Å². The molecule has 0 spiro atoms. The van der Waals surface area contributed by atoms with E-state index < -0.39 is 0 Å². The molecule has 0 aromatic heterocycles. The quantitative estimate of drug-likeness (QED) is 0.849. The van der Waals surface area contributed by atoms with Crippen LogP contribution in [0.2, 0.25) is 0 Å². The van der Waals surface area contributed by atoms with Crippen LogP contribution in [0.5, 0.6) is 0 Å². The van der Waals surface area contributed by atoms with Crippen LogP contribution in [0.4, 0.5) is 0 Å². The summed E-state index contributed by atoms with van der Waals surface area (Å²) >= 11 is 0. The maximum absolute atomic E-state index is 12.1. The molecule has 0 unspecified atom stereocenters. The summed E-state index contributed by atoms with van der Waals surface area (Å²) in [6.07, 6.45) is 4.66. The molecule has 4 heteroatoms. The van der Waals surface area contributed by atoms with Gasteiger partial charge in [-0.1, -0.05) is 35.9 Å². The van der Waals surface area contributed by atoms with Gasteiger partial charge >= 0.3 is 0 Å². The lowest BCUT2D eigenvalue weighted by Crippen LogP contribution is -2.44. The van der Waals surface area contributed by atoms with Crippen molar-refractivity contribution < 1.29 is 9.59 Å². The van der Waals surface area contributed by atoms with Gasteiger partial charge in [0.2, 0.25) is 11.8 Å². The van der Waals surface area contributed by atoms with E-state index in [9.17, 15) is 9.59 Å². The van der Waals surface area contributed by atoms with Gasteiger partial charge in [-0.05, 0) is 44.6 Å². The molecular formula is C19H26N2O2. The average molecular weight is 314 g/mol. The molecule has 1 aliphatic heterocycles. The van der Waals surface area contributed by atoms with Crippen molar-refractivity contribution in [1.82, 2.24) is 10.2 Å². The maximum atomic E-state index is 12.1. The topological polar surface area (TPSA) is 49.4 Å². The third-order valence-electron chi connectivity index (χ3n) is 4.17. The molecule has 124 valence electrons. The van der Waals surface area contributed by atoms with Crippen LogP contribution in [0.1, 0.15) is 32.3 Å². The van der Waals surface area contributed by atoms with Gasteiger partial charge in [-0.3, -0.25) is 9.59 Å². The minimum atomic E-state index is -0.197. The van der Waals surface area contributed by atoms with E-state index >= 15 is 0 Å². The van der Waals surface area contributed by atoms with E-state index in [1.807, 2.05) is 24.8 Å². The molecule has 0 bridgehead atoms. The van der Waals surface area contributed by atoms with Crippen molar-refractivity contribution in [2.75, 3.05) is 19.6 Å². The highest BCUT2D eigenvalue weighted by Crippen LogP contribution is 2.21. The highest BCUT2D eigenvalue weighted by Gasteiger charge is 2.22. The van der Waals surface area contributed by atoms with Crippen LogP contribution in [0.15, 0.2) is 42.0 Å². The van der Waals surface area contributed by atoms with Gasteiger partial charge in [-0.25, -0.2) is 0 Å². The number of carbonyl (C=O) groups is 2. The summed E-state index contributed by atoms with van der Waals surface area (Å²) in [5.74, 6) is 0.456. The van der Waals surface area contributed by atoms with E-state index in [-0.39, 0.29) is 18.4 Å². The molecule has 2 rings (SSSR count). The number of hydrogen-bond acceptors (Lipinski definition) is 2. The molecule has 0 saturated carbocycles. The Morgan fingerprint density at radius 3 is 2.43 bits per heavy atom. The van der Waals surface area contributed by atoms with Crippen LogP contribution in [0.3, 0.4) is 0 Å². The van der Waals surface area contributed by atoms with Crippen molar-refractivity contribution in [2.24, 2.45) is 5.92 Å². The van der Waals surface area contributed by atoms with Crippen LogP contribution in [0, 0.1) is 5.92 Å². The number of carbonyl (C=O) groups excluding carboxylic acids is 2. The van der Waals surface area contributed by atoms with Gasteiger partial charge in [0, 0.05) is 19.2 Å². The normalized spacial score (nSPS) is 15.1. The summed E-state index contributed by atoms with van der Waals surface area (Å²) in [4.78, 5) is 25.5. The lowest BCUT2D eigenvalue weighted by molar-refractivity contribution is -0.133. The number of benzene rings is 1. The molecule has 1 aromatic carbocycles. The molecule has 0 aliphatic carbocycles. The second-order valence-electron chi connectivity index (χ2n) is 6.45. The molecule has 1 aliphatic rings. The minimum absolute atomic E-state index is 0.0127. The van der Waals surface area contributed by atoms with Crippen molar-refractivity contribution in [3.8, 4) is 0 Å². The molecule has 1 saturated heterocycles. The van der Waals surface area contributed by atoms with E-state index in [0.29, 0.717) is 5.92 Å². The Morgan fingerprint density at radius 1 is 1.17 bits per heavy atom. The SMILES string of the molecule is CC(C)=CC(=O)NCC(=O)N1CCC(Cc2ccccc2)CC1. The van der Waals surface area contributed by atoms with Gasteiger partial charge < -0.3 is 10.2 Å². The minimum Gasteiger partial charge on any atom is -0.343 e. The van der Waals surface area contributed by atoms with E-state index in [4.69, 9.17) is 0 Å². The van der Waals surface area contributed by atoms with Crippen molar-refractivity contribution in [2.45, 2.75) is 33.1 Å². The molecule has 1 heterocycles. The van der Waals surface area contributed by atoms with Crippen molar-refractivity contribution in [3.63, 3.8) is 0 Å². The van der Waals surface area contributed by atoms with Crippen LogP contribution in [0.25, 0.3) is 0 Å². The maximum Gasteiger partial charge on any atom is 0.244 e. The standard InChI is InChI=1S/C19H26N2O2/c1-15(2)12-18(22)20-14-19(23)21-10-8-17(9-11-21)13-16-6-4-3-5-7-16/h3-7,12,17H,8-11,13-14H2,1-2H3,(H,20,22). The lowest BCUT2D eigenvalue weighted by atomic mass is 9.90. The summed E-state index contributed by atoms with van der Waals surface area (Å²) in [7, 11) is 0. The largest absolute Gasteiger partial charge is 0.343 e. The number of allylic oxidation sites excluding steroid dienone is 1. The van der Waals surface area contributed by atoms with Crippen LogP contribution >= 0.6 is 0 Å². The van der Waals surface area contributed by atoms with Crippen LogP contribution < -0.4 is 5.32 Å². The summed E-state index contributed by atoms with van der Waals surface area (Å²) in [5, 5.41) is 2.66. The van der Waals surface area contributed by atoms with Gasteiger partial charge in [0.1, 0.15) is 0 Å². The van der Waals surface area contributed by atoms with E-state index in [0.717, 1.165) is 37.9 Å². The predicted molar refractivity (Wildman–Crippen MR) is 91.9 cm³/mol. The zero-order valence-electron chi connectivity index (χ0n) is 14.0. The zero-order chi connectivity index (χ0) is 16.7. The summed E-state index contributed by atoms with van der Waals surface area (Å²) in [5.41, 5.74) is 2.29. The molecular weight excluding hydrogens is 288 g/mol. The Morgan fingerprint density at radius 2 is 1.83 bits per heavy atom. The summed E-state index contributed by atoms with van der Waals surface area (Å²) in [6.45, 7) is 5.38. The Balaban J connectivity index is 1.72. The molecule has 4 nitrogen and oxygen atoms in total. The fourth-order valence-electron chi connectivity index (χ4n) is 2.92. The van der Waals surface area contributed by atoms with Crippen molar-refractivity contribution in [3.05, 3.63) is 47.5 Å². The number of hydrogen-bond donors (Lipinski definition) is 1. The number of amides is 2. The van der Waals surface area contributed by atoms with Gasteiger partial charge in [0.15, 0.2) is 0 Å². The third kappa shape index (κ3) is 5.89. The molecule has 1 aromatic rings. The first-order valence-corrected chi connectivity index (χ1v) is 8.29. The highest BCUT2D eigenvalue weighted by molar-refractivity contribution is 5.91. The fourth-order valence-corrected chi connectivity index (χ4v) is 2.92. The van der Waals surface area contributed by atoms with Gasteiger partial charge in [-0.15, -0.1) is 0 Å². The Labute approximate surface area is 138 Å². The number of likely N-dealkylation sites (tertiary alicyclic amines) is 1. The number of rotatable bonds is 5. The van der Waals surface area contributed by atoms with Crippen LogP contribution in [-0.2, 0) is 16.0 Å².